The minimum Gasteiger partial charge on any atom is -0.478 e. The summed E-state index contributed by atoms with van der Waals surface area (Å²) in [6, 6.07) is 24.1. The van der Waals surface area contributed by atoms with Gasteiger partial charge in [-0.05, 0) is 47.4 Å². The maximum atomic E-state index is 11.3. The van der Waals surface area contributed by atoms with Crippen molar-refractivity contribution in [3.8, 4) is 6.07 Å². The van der Waals surface area contributed by atoms with Crippen molar-refractivity contribution >= 4 is 27.8 Å². The number of carbonyl (C=O) groups is 1. The molecule has 0 spiro atoms. The molecular weight excluding hydrogens is 436 g/mol. The van der Waals surface area contributed by atoms with Crippen LogP contribution in [0.15, 0.2) is 72.9 Å². The summed E-state index contributed by atoms with van der Waals surface area (Å²) in [4.78, 5) is 11.3. The molecule has 35 heavy (non-hydrogen) atoms. The molecule has 0 radical (unpaired) electrons. The van der Waals surface area contributed by atoms with Gasteiger partial charge in [-0.15, -0.1) is 0 Å². The van der Waals surface area contributed by atoms with Crippen molar-refractivity contribution in [2.75, 3.05) is 0 Å². The lowest BCUT2D eigenvalue weighted by atomic mass is 9.82. The number of nitrogens with one attached hydrogen (secondary N) is 1. The number of aromatic carboxylic acids is 1. The monoisotopic (exact) mass is 462 g/mol. The normalized spacial score (nSPS) is 11.7. The predicted molar refractivity (Wildman–Crippen MR) is 137 cm³/mol. The number of nitriles is 1. The third-order valence-electron chi connectivity index (χ3n) is 6.66. The molecule has 0 aliphatic heterocycles. The Morgan fingerprint density at radius 1 is 1.09 bits per heavy atom. The number of benzene rings is 3. The predicted octanol–water partition coefficient (Wildman–Crippen LogP) is 6.05. The number of carboxylic acid groups (broad SMARTS) is 1. The number of hydrogen-bond donors (Lipinski definition) is 2. The van der Waals surface area contributed by atoms with E-state index in [0.717, 1.165) is 38.6 Å². The average Bonchev–Trinajstić information content (AvgIpc) is 3.41. The smallest absolute Gasteiger partial charge is 0.335 e. The van der Waals surface area contributed by atoms with Gasteiger partial charge in [-0.3, -0.25) is 5.10 Å². The third kappa shape index (κ3) is 4.17. The number of H-pyrrole nitrogens is 1. The van der Waals surface area contributed by atoms with E-state index >= 15 is 0 Å². The third-order valence-corrected chi connectivity index (χ3v) is 6.66. The van der Waals surface area contributed by atoms with Gasteiger partial charge in [-0.2, -0.15) is 10.4 Å². The van der Waals surface area contributed by atoms with Crippen LogP contribution in [0.25, 0.3) is 21.8 Å². The van der Waals surface area contributed by atoms with Gasteiger partial charge < -0.3 is 9.67 Å². The zero-order chi connectivity index (χ0) is 24.6. The van der Waals surface area contributed by atoms with E-state index in [-0.39, 0.29) is 5.56 Å². The SMILES string of the molecule is CC(C)(CC#N)c1c(Cc2ccc(C(=O)O)cc2)c2cc3[nH]ncc3cc2n1Cc1ccccc1. The van der Waals surface area contributed by atoms with Gasteiger partial charge in [0.2, 0.25) is 0 Å². The lowest BCUT2D eigenvalue weighted by Gasteiger charge is -2.27. The molecule has 5 rings (SSSR count). The van der Waals surface area contributed by atoms with E-state index in [1.165, 1.54) is 5.56 Å². The van der Waals surface area contributed by atoms with E-state index in [0.29, 0.717) is 19.4 Å². The first-order valence-corrected chi connectivity index (χ1v) is 11.6. The quantitative estimate of drug-likeness (QED) is 0.308. The van der Waals surface area contributed by atoms with Gasteiger partial charge in [0, 0.05) is 40.4 Å². The number of fused-ring (bicyclic) bond motifs is 2. The minimum atomic E-state index is -0.937. The van der Waals surface area contributed by atoms with Gasteiger partial charge in [0.25, 0.3) is 0 Å². The van der Waals surface area contributed by atoms with Crippen molar-refractivity contribution in [3.05, 3.63) is 101 Å². The molecule has 0 amide bonds. The molecule has 0 aliphatic carbocycles. The van der Waals surface area contributed by atoms with Crippen LogP contribution >= 0.6 is 0 Å². The lowest BCUT2D eigenvalue weighted by molar-refractivity contribution is 0.0697. The minimum absolute atomic E-state index is 0.268. The molecule has 6 nitrogen and oxygen atoms in total. The van der Waals surface area contributed by atoms with Gasteiger partial charge in [-0.1, -0.05) is 56.3 Å². The Morgan fingerprint density at radius 3 is 2.51 bits per heavy atom. The molecule has 0 saturated carbocycles. The van der Waals surface area contributed by atoms with E-state index < -0.39 is 11.4 Å². The molecule has 0 bridgehead atoms. The van der Waals surface area contributed by atoms with Crippen LogP contribution in [0.4, 0.5) is 0 Å². The van der Waals surface area contributed by atoms with E-state index in [1.807, 2.05) is 36.5 Å². The Morgan fingerprint density at radius 2 is 1.83 bits per heavy atom. The first-order chi connectivity index (χ1) is 16.9. The number of carboxylic acids is 1. The van der Waals surface area contributed by atoms with E-state index in [1.54, 1.807) is 12.1 Å². The Bertz CT molecular complexity index is 1570. The second-order valence-electron chi connectivity index (χ2n) is 9.62. The summed E-state index contributed by atoms with van der Waals surface area (Å²) >= 11 is 0. The molecule has 5 aromatic rings. The van der Waals surface area contributed by atoms with Gasteiger partial charge in [0.1, 0.15) is 0 Å². The molecule has 0 fully saturated rings. The largest absolute Gasteiger partial charge is 0.478 e. The highest BCUT2D eigenvalue weighted by Gasteiger charge is 2.31. The second kappa shape index (κ2) is 8.77. The summed E-state index contributed by atoms with van der Waals surface area (Å²) < 4.78 is 2.34. The highest BCUT2D eigenvalue weighted by molar-refractivity contribution is 5.98. The highest BCUT2D eigenvalue weighted by Crippen LogP contribution is 2.39. The van der Waals surface area contributed by atoms with Crippen LogP contribution in [0.1, 0.15) is 53.0 Å². The standard InChI is InChI=1S/C29H26N4O2/c1-29(2,12-13-30)27-24(14-19-8-10-21(11-9-19)28(34)35)23-16-25-22(17-31-32-25)15-26(23)33(27)18-20-6-4-3-5-7-20/h3-11,15-17H,12,14,18H2,1-2H3,(H,31,32)(H,34,35). The number of aromatic amines is 1. The van der Waals surface area contributed by atoms with Crippen molar-refractivity contribution in [2.24, 2.45) is 0 Å². The topological polar surface area (TPSA) is 94.7 Å². The van der Waals surface area contributed by atoms with Crippen molar-refractivity contribution in [3.63, 3.8) is 0 Å². The van der Waals surface area contributed by atoms with Crippen LogP contribution in [-0.4, -0.2) is 25.8 Å². The van der Waals surface area contributed by atoms with Crippen molar-refractivity contribution in [2.45, 2.75) is 38.6 Å². The molecular formula is C29H26N4O2. The number of nitrogens with zero attached hydrogens (tertiary/aromatic N) is 3. The van der Waals surface area contributed by atoms with Crippen LogP contribution in [0, 0.1) is 11.3 Å². The zero-order valence-corrected chi connectivity index (χ0v) is 19.7. The van der Waals surface area contributed by atoms with Crippen LogP contribution < -0.4 is 0 Å². The zero-order valence-electron chi connectivity index (χ0n) is 19.7. The fourth-order valence-corrected chi connectivity index (χ4v) is 4.99. The maximum absolute atomic E-state index is 11.3. The highest BCUT2D eigenvalue weighted by atomic mass is 16.4. The molecule has 2 N–H and O–H groups in total. The Balaban J connectivity index is 1.77. The molecule has 0 saturated heterocycles. The first kappa shape index (κ1) is 22.4. The molecule has 0 unspecified atom stereocenters. The molecule has 2 aromatic heterocycles. The van der Waals surface area contributed by atoms with Crippen LogP contribution in [0.3, 0.4) is 0 Å². The van der Waals surface area contributed by atoms with E-state index in [2.05, 4.69) is 58.9 Å². The molecule has 3 aromatic carbocycles. The average molecular weight is 463 g/mol. The number of rotatable bonds is 7. The molecule has 0 aliphatic rings. The molecule has 0 atom stereocenters. The van der Waals surface area contributed by atoms with Crippen LogP contribution in [0.2, 0.25) is 0 Å². The summed E-state index contributed by atoms with van der Waals surface area (Å²) in [6.07, 6.45) is 2.84. The summed E-state index contributed by atoms with van der Waals surface area (Å²) in [6.45, 7) is 4.93. The van der Waals surface area contributed by atoms with Crippen LogP contribution in [0.5, 0.6) is 0 Å². The fourth-order valence-electron chi connectivity index (χ4n) is 4.99. The molecule has 6 heteroatoms. The van der Waals surface area contributed by atoms with Gasteiger partial charge in [-0.25, -0.2) is 4.79 Å². The van der Waals surface area contributed by atoms with E-state index in [4.69, 9.17) is 0 Å². The number of hydrogen-bond acceptors (Lipinski definition) is 3. The Kier molecular flexibility index (Phi) is 5.62. The Hall–Kier alpha value is -4.37. The van der Waals surface area contributed by atoms with Crippen molar-refractivity contribution in [1.29, 1.82) is 5.26 Å². The summed E-state index contributed by atoms with van der Waals surface area (Å²) in [5, 5.41) is 28.4. The summed E-state index contributed by atoms with van der Waals surface area (Å²) in [7, 11) is 0. The Labute approximate surface area is 203 Å². The first-order valence-electron chi connectivity index (χ1n) is 11.6. The number of aromatic nitrogens is 3. The fraction of sp³-hybridized carbons (Fsp3) is 0.207. The molecule has 174 valence electrons. The van der Waals surface area contributed by atoms with Crippen molar-refractivity contribution < 1.29 is 9.90 Å². The summed E-state index contributed by atoms with van der Waals surface area (Å²) in [5.41, 5.74) is 6.41. The second-order valence-corrected chi connectivity index (χ2v) is 9.62. The van der Waals surface area contributed by atoms with Gasteiger partial charge in [0.15, 0.2) is 0 Å². The molecule has 2 heterocycles. The van der Waals surface area contributed by atoms with E-state index in [9.17, 15) is 15.2 Å². The van der Waals surface area contributed by atoms with Crippen LogP contribution in [-0.2, 0) is 18.4 Å². The maximum Gasteiger partial charge on any atom is 0.335 e. The summed E-state index contributed by atoms with van der Waals surface area (Å²) in [5.74, 6) is -0.937. The van der Waals surface area contributed by atoms with Gasteiger partial charge >= 0.3 is 5.97 Å². The van der Waals surface area contributed by atoms with Gasteiger partial charge in [0.05, 0.1) is 23.3 Å². The van der Waals surface area contributed by atoms with Crippen molar-refractivity contribution in [1.82, 2.24) is 14.8 Å². The lowest BCUT2D eigenvalue weighted by Crippen LogP contribution is -2.23.